The molecule has 2 aromatic carbocycles. The van der Waals surface area contributed by atoms with Gasteiger partial charge in [0.1, 0.15) is 11.6 Å². The van der Waals surface area contributed by atoms with Crippen LogP contribution in [0.4, 0.5) is 5.82 Å². The quantitative estimate of drug-likeness (QED) is 0.456. The van der Waals surface area contributed by atoms with Crippen molar-refractivity contribution in [2.45, 2.75) is 18.8 Å². The molecule has 0 radical (unpaired) electrons. The van der Waals surface area contributed by atoms with Crippen LogP contribution in [0.5, 0.6) is 0 Å². The first kappa shape index (κ1) is 20.2. The van der Waals surface area contributed by atoms with Gasteiger partial charge in [-0.1, -0.05) is 41.9 Å². The first-order valence-corrected chi connectivity index (χ1v) is 11.7. The second kappa shape index (κ2) is 8.15. The molecule has 1 aliphatic carbocycles. The van der Waals surface area contributed by atoms with Gasteiger partial charge in [0.15, 0.2) is 5.65 Å². The molecule has 1 amide bonds. The van der Waals surface area contributed by atoms with E-state index < -0.39 is 0 Å². The number of piperazine rings is 1. The number of halogens is 1. The van der Waals surface area contributed by atoms with Crippen LogP contribution in [0, 0.1) is 0 Å². The number of carbonyl (C=O) groups excluding carboxylic acids is 1. The van der Waals surface area contributed by atoms with E-state index in [2.05, 4.69) is 10.00 Å². The van der Waals surface area contributed by atoms with Gasteiger partial charge in [-0.15, -0.1) is 0 Å². The van der Waals surface area contributed by atoms with Crippen LogP contribution in [0.25, 0.3) is 16.7 Å². The second-order valence-corrected chi connectivity index (χ2v) is 8.98. The van der Waals surface area contributed by atoms with Crippen molar-refractivity contribution in [1.29, 1.82) is 0 Å². The second-order valence-electron chi connectivity index (χ2n) is 8.57. The van der Waals surface area contributed by atoms with Gasteiger partial charge in [-0.3, -0.25) is 4.79 Å². The minimum Gasteiger partial charge on any atom is -0.352 e. The van der Waals surface area contributed by atoms with Crippen LogP contribution in [0.3, 0.4) is 0 Å². The topological polar surface area (TPSA) is 67.2 Å². The Morgan fingerprint density at radius 3 is 2.36 bits per heavy atom. The molecule has 0 atom stereocenters. The minimum atomic E-state index is 0.0771. The summed E-state index contributed by atoms with van der Waals surface area (Å²) < 4.78 is 1.81. The van der Waals surface area contributed by atoms with E-state index in [1.165, 1.54) is 0 Å². The van der Waals surface area contributed by atoms with Gasteiger partial charge in [-0.05, 0) is 37.1 Å². The smallest absolute Gasteiger partial charge is 0.253 e. The molecule has 0 spiro atoms. The molecule has 7 nitrogen and oxygen atoms in total. The molecule has 1 aliphatic heterocycles. The zero-order chi connectivity index (χ0) is 22.4. The maximum Gasteiger partial charge on any atom is 0.253 e. The highest BCUT2D eigenvalue weighted by Gasteiger charge is 2.31. The van der Waals surface area contributed by atoms with E-state index in [0.717, 1.165) is 46.8 Å². The lowest BCUT2D eigenvalue weighted by atomic mass is 10.2. The van der Waals surface area contributed by atoms with Crippen LogP contribution in [-0.4, -0.2) is 56.7 Å². The zero-order valence-electron chi connectivity index (χ0n) is 18.1. The molecule has 1 saturated carbocycles. The summed E-state index contributed by atoms with van der Waals surface area (Å²) in [5, 5.41) is 6.16. The number of carbonyl (C=O) groups is 1. The number of aromatic nitrogens is 4. The lowest BCUT2D eigenvalue weighted by Crippen LogP contribution is -2.49. The largest absolute Gasteiger partial charge is 0.352 e. The van der Waals surface area contributed by atoms with Crippen molar-refractivity contribution in [2.75, 3.05) is 31.1 Å². The fraction of sp³-hybridized carbons (Fsp3) is 0.280. The highest BCUT2D eigenvalue weighted by Crippen LogP contribution is 2.40. The van der Waals surface area contributed by atoms with Gasteiger partial charge < -0.3 is 9.80 Å². The Labute approximate surface area is 196 Å². The number of anilines is 1. The maximum absolute atomic E-state index is 12.9. The van der Waals surface area contributed by atoms with Crippen molar-refractivity contribution < 1.29 is 4.79 Å². The number of amides is 1. The van der Waals surface area contributed by atoms with Crippen LogP contribution >= 0.6 is 11.6 Å². The molecule has 8 heteroatoms. The Morgan fingerprint density at radius 1 is 0.909 bits per heavy atom. The summed E-state index contributed by atoms with van der Waals surface area (Å²) in [7, 11) is 0. The summed E-state index contributed by atoms with van der Waals surface area (Å²) in [6.07, 6.45) is 4.06. The highest BCUT2D eigenvalue weighted by atomic mass is 35.5. The zero-order valence-corrected chi connectivity index (χ0v) is 18.8. The molecule has 2 aromatic heterocycles. The molecule has 1 saturated heterocycles. The van der Waals surface area contributed by atoms with Crippen LogP contribution in [0.15, 0.2) is 60.8 Å². The molecule has 33 heavy (non-hydrogen) atoms. The SMILES string of the molecule is O=C(c1ccccc1)N1CCN(c2nc(C3CC3)nc3c2cnn3-c2ccccc2Cl)CC1. The number of rotatable bonds is 4. The van der Waals surface area contributed by atoms with Crippen molar-refractivity contribution in [3.63, 3.8) is 0 Å². The van der Waals surface area contributed by atoms with E-state index in [1.807, 2.05) is 70.4 Å². The van der Waals surface area contributed by atoms with Gasteiger partial charge in [0, 0.05) is 37.7 Å². The summed E-state index contributed by atoms with van der Waals surface area (Å²) >= 11 is 6.46. The van der Waals surface area contributed by atoms with E-state index in [-0.39, 0.29) is 5.91 Å². The fourth-order valence-corrected chi connectivity index (χ4v) is 4.57. The minimum absolute atomic E-state index is 0.0771. The van der Waals surface area contributed by atoms with E-state index in [9.17, 15) is 4.79 Å². The molecule has 0 unspecified atom stereocenters. The van der Waals surface area contributed by atoms with Gasteiger partial charge in [-0.2, -0.15) is 5.10 Å². The third kappa shape index (κ3) is 3.72. The van der Waals surface area contributed by atoms with Crippen LogP contribution in [0.1, 0.15) is 34.9 Å². The average molecular weight is 459 g/mol. The normalized spacial score (nSPS) is 16.4. The molecule has 4 aromatic rings. The number of benzene rings is 2. The lowest BCUT2D eigenvalue weighted by Gasteiger charge is -2.35. The Balaban J connectivity index is 1.33. The molecule has 0 N–H and O–H groups in total. The molecule has 2 fully saturated rings. The van der Waals surface area contributed by atoms with Crippen molar-refractivity contribution in [1.82, 2.24) is 24.6 Å². The van der Waals surface area contributed by atoms with E-state index >= 15 is 0 Å². The molecule has 0 bridgehead atoms. The molecular weight excluding hydrogens is 436 g/mol. The molecule has 2 aliphatic rings. The van der Waals surface area contributed by atoms with Crippen LogP contribution < -0.4 is 4.90 Å². The van der Waals surface area contributed by atoms with Crippen molar-refractivity contribution >= 4 is 34.4 Å². The van der Waals surface area contributed by atoms with Crippen LogP contribution in [0.2, 0.25) is 5.02 Å². The molecule has 166 valence electrons. The highest BCUT2D eigenvalue weighted by molar-refractivity contribution is 6.32. The maximum atomic E-state index is 12.9. The number of hydrogen-bond acceptors (Lipinski definition) is 5. The Kier molecular flexibility index (Phi) is 4.99. The fourth-order valence-electron chi connectivity index (χ4n) is 4.36. The number of nitrogens with zero attached hydrogens (tertiary/aromatic N) is 6. The molecule has 3 heterocycles. The number of para-hydroxylation sites is 1. The summed E-state index contributed by atoms with van der Waals surface area (Å²) in [4.78, 5) is 26.9. The van der Waals surface area contributed by atoms with E-state index in [1.54, 1.807) is 0 Å². The Hall–Kier alpha value is -3.45. The summed E-state index contributed by atoms with van der Waals surface area (Å²) in [6.45, 7) is 2.73. The molecular formula is C25H23ClN6O. The third-order valence-electron chi connectivity index (χ3n) is 6.34. The summed E-state index contributed by atoms with van der Waals surface area (Å²) in [5.41, 5.74) is 2.31. The number of hydrogen-bond donors (Lipinski definition) is 0. The Bertz CT molecular complexity index is 1330. The van der Waals surface area contributed by atoms with E-state index in [4.69, 9.17) is 21.6 Å². The van der Waals surface area contributed by atoms with E-state index in [0.29, 0.717) is 37.1 Å². The summed E-state index contributed by atoms with van der Waals surface area (Å²) in [6, 6.07) is 17.1. The first-order chi connectivity index (χ1) is 16.2. The van der Waals surface area contributed by atoms with Gasteiger partial charge >= 0.3 is 0 Å². The lowest BCUT2D eigenvalue weighted by molar-refractivity contribution is 0.0746. The van der Waals surface area contributed by atoms with Crippen molar-refractivity contribution in [3.05, 3.63) is 77.2 Å². The predicted octanol–water partition coefficient (Wildman–Crippen LogP) is 4.31. The van der Waals surface area contributed by atoms with Crippen molar-refractivity contribution in [2.24, 2.45) is 0 Å². The predicted molar refractivity (Wildman–Crippen MR) is 128 cm³/mol. The van der Waals surface area contributed by atoms with Crippen LogP contribution in [-0.2, 0) is 0 Å². The summed E-state index contributed by atoms with van der Waals surface area (Å²) in [5.74, 6) is 2.25. The standard InChI is InChI=1S/C25H23ClN6O/c26-20-8-4-5-9-21(20)32-24-19(16-27-32)23(28-22(29-24)17-10-11-17)30-12-14-31(15-13-30)25(33)18-6-2-1-3-7-18/h1-9,16-17H,10-15H2. The third-order valence-corrected chi connectivity index (χ3v) is 6.66. The average Bonchev–Trinajstić information content (AvgIpc) is 3.64. The first-order valence-electron chi connectivity index (χ1n) is 11.3. The molecule has 6 rings (SSSR count). The van der Waals surface area contributed by atoms with Gasteiger partial charge in [0.2, 0.25) is 0 Å². The Morgan fingerprint density at radius 2 is 1.64 bits per heavy atom. The number of fused-ring (bicyclic) bond motifs is 1. The monoisotopic (exact) mass is 458 g/mol. The van der Waals surface area contributed by atoms with Gasteiger partial charge in [0.05, 0.1) is 22.3 Å². The van der Waals surface area contributed by atoms with Gasteiger partial charge in [-0.25, -0.2) is 14.6 Å². The van der Waals surface area contributed by atoms with Crippen molar-refractivity contribution in [3.8, 4) is 5.69 Å². The van der Waals surface area contributed by atoms with Gasteiger partial charge in [0.25, 0.3) is 5.91 Å².